The topological polar surface area (TPSA) is 151 Å². The molecule has 0 amide bonds. The molecule has 0 aliphatic heterocycles. The first kappa shape index (κ1) is 16.9. The summed E-state index contributed by atoms with van der Waals surface area (Å²) in [4.78, 5) is 11.1. The van der Waals surface area contributed by atoms with Gasteiger partial charge in [-0.1, -0.05) is 0 Å². The number of carbonyl (C=O) groups excluding carboxylic acids is 1. The maximum absolute atomic E-state index is 11.1. The van der Waals surface area contributed by atoms with E-state index in [9.17, 15) is 18.3 Å². The van der Waals surface area contributed by atoms with Crippen LogP contribution in [0.4, 0.5) is 0 Å². The number of hydrogen-bond donors (Lipinski definition) is 4. The van der Waals surface area contributed by atoms with Gasteiger partial charge in [0.25, 0.3) is 10.1 Å². The Morgan fingerprint density at radius 2 is 1.89 bits per heavy atom. The van der Waals surface area contributed by atoms with Crippen molar-refractivity contribution in [3.63, 3.8) is 0 Å². The van der Waals surface area contributed by atoms with Crippen LogP contribution in [0.1, 0.15) is 15.9 Å². The second-order valence-electron chi connectivity index (χ2n) is 3.37. The first-order chi connectivity index (χ1) is 8.56. The van der Waals surface area contributed by atoms with E-state index in [4.69, 9.17) is 15.7 Å². The molecule has 0 unspecified atom stereocenters. The van der Waals surface area contributed by atoms with Gasteiger partial charge in [0.05, 0.1) is 13.4 Å². The van der Waals surface area contributed by atoms with Gasteiger partial charge < -0.3 is 15.6 Å². The Labute approximate surface area is 110 Å². The van der Waals surface area contributed by atoms with Gasteiger partial charge in [-0.2, -0.15) is 8.42 Å². The number of nitrogens with two attached hydrogens (primary N) is 1. The lowest BCUT2D eigenvalue weighted by Gasteiger charge is -2.04. The van der Waals surface area contributed by atoms with Crippen molar-refractivity contribution < 1.29 is 27.6 Å². The maximum Gasteiger partial charge on any atom is 0.341 e. The number of esters is 1. The molecular weight excluding hydrogens is 276 g/mol. The second-order valence-corrected chi connectivity index (χ2v) is 4.84. The molecule has 0 fully saturated rings. The molecule has 9 heteroatoms. The lowest BCUT2D eigenvalue weighted by molar-refractivity contribution is 0.0597. The third kappa shape index (κ3) is 7.01. The summed E-state index contributed by atoms with van der Waals surface area (Å²) in [7, 11) is -2.46. The van der Waals surface area contributed by atoms with Gasteiger partial charge in [0.2, 0.25) is 0 Å². The van der Waals surface area contributed by atoms with Crippen LogP contribution in [0.15, 0.2) is 18.2 Å². The minimum Gasteiger partial charge on any atom is -0.507 e. The van der Waals surface area contributed by atoms with Crippen molar-refractivity contribution in [2.75, 3.05) is 13.4 Å². The molecule has 0 bridgehead atoms. The Morgan fingerprint density at radius 1 is 1.42 bits per heavy atom. The number of phenolic OH excluding ortho intramolecular Hbond substituents is 1. The summed E-state index contributed by atoms with van der Waals surface area (Å²) in [6, 6.07) is 4.05. The predicted octanol–water partition coefficient (Wildman–Crippen LogP) is -0.0331. The highest BCUT2D eigenvalue weighted by atomic mass is 32.2. The molecule has 8 nitrogen and oxygen atoms in total. The van der Waals surface area contributed by atoms with Crippen molar-refractivity contribution in [2.24, 2.45) is 5.73 Å². The molecule has 1 rings (SSSR count). The van der Waals surface area contributed by atoms with Gasteiger partial charge in [-0.3, -0.25) is 9.96 Å². The van der Waals surface area contributed by atoms with Crippen LogP contribution in [0, 0.1) is 5.41 Å². The van der Waals surface area contributed by atoms with Gasteiger partial charge >= 0.3 is 5.97 Å². The van der Waals surface area contributed by atoms with E-state index in [1.165, 1.54) is 25.3 Å². The van der Waals surface area contributed by atoms with E-state index >= 15 is 0 Å². The van der Waals surface area contributed by atoms with E-state index in [1.807, 2.05) is 0 Å². The van der Waals surface area contributed by atoms with Crippen LogP contribution in [0.2, 0.25) is 0 Å². The fourth-order valence-electron chi connectivity index (χ4n) is 0.977. The summed E-state index contributed by atoms with van der Waals surface area (Å²) in [5.41, 5.74) is 5.59. The van der Waals surface area contributed by atoms with Crippen molar-refractivity contribution in [2.45, 2.75) is 0 Å². The van der Waals surface area contributed by atoms with E-state index in [1.54, 1.807) is 0 Å². The van der Waals surface area contributed by atoms with Gasteiger partial charge in [0, 0.05) is 5.56 Å². The number of benzene rings is 1. The zero-order valence-corrected chi connectivity index (χ0v) is 11.1. The highest BCUT2D eigenvalue weighted by molar-refractivity contribution is 7.85. The van der Waals surface area contributed by atoms with Crippen LogP contribution in [0.3, 0.4) is 0 Å². The normalized spacial score (nSPS) is 10.1. The summed E-state index contributed by atoms with van der Waals surface area (Å²) in [6.07, 6.45) is 0.715. The van der Waals surface area contributed by atoms with Gasteiger partial charge in [0.1, 0.15) is 17.1 Å². The smallest absolute Gasteiger partial charge is 0.341 e. The minimum absolute atomic E-state index is 0.000185. The summed E-state index contributed by atoms with van der Waals surface area (Å²) in [6.45, 7) is 0. The number of hydrogen-bond acceptors (Lipinski definition) is 6. The fourth-order valence-corrected chi connectivity index (χ4v) is 0.977. The molecule has 0 saturated heterocycles. The molecule has 0 heterocycles. The van der Waals surface area contributed by atoms with E-state index in [0.29, 0.717) is 11.8 Å². The van der Waals surface area contributed by atoms with Gasteiger partial charge in [-0.25, -0.2) is 4.79 Å². The van der Waals surface area contributed by atoms with E-state index in [2.05, 4.69) is 4.74 Å². The quantitative estimate of drug-likeness (QED) is 0.258. The lowest BCUT2D eigenvalue weighted by Crippen LogP contribution is -2.12. The van der Waals surface area contributed by atoms with Gasteiger partial charge in [0.15, 0.2) is 0 Å². The van der Waals surface area contributed by atoms with Gasteiger partial charge in [-0.05, 0) is 18.2 Å². The third-order valence-electron chi connectivity index (χ3n) is 1.71. The van der Waals surface area contributed by atoms with E-state index in [-0.39, 0.29) is 17.1 Å². The monoisotopic (exact) mass is 290 g/mol. The van der Waals surface area contributed by atoms with Crippen molar-refractivity contribution in [1.29, 1.82) is 5.41 Å². The summed E-state index contributed by atoms with van der Waals surface area (Å²) >= 11 is 0. The molecule has 0 radical (unpaired) electrons. The molecule has 5 N–H and O–H groups in total. The van der Waals surface area contributed by atoms with E-state index < -0.39 is 16.1 Å². The highest BCUT2D eigenvalue weighted by Gasteiger charge is 2.12. The number of phenols is 1. The van der Waals surface area contributed by atoms with E-state index in [0.717, 1.165) is 0 Å². The Balaban J connectivity index is 0.000000555. The number of carbonyl (C=O) groups is 1. The average molecular weight is 290 g/mol. The summed E-state index contributed by atoms with van der Waals surface area (Å²) in [5, 5.41) is 16.5. The van der Waals surface area contributed by atoms with Crippen LogP contribution in [0.25, 0.3) is 0 Å². The molecule has 0 aromatic heterocycles. The Morgan fingerprint density at radius 3 is 2.26 bits per heavy atom. The van der Waals surface area contributed by atoms with Gasteiger partial charge in [-0.15, -0.1) is 0 Å². The highest BCUT2D eigenvalue weighted by Crippen LogP contribution is 2.18. The fraction of sp³-hybridized carbons (Fsp3) is 0.200. The number of nitrogen functional groups attached to an aromatic ring is 1. The summed E-state index contributed by atoms with van der Waals surface area (Å²) < 4.78 is 30.3. The molecule has 0 atom stereocenters. The Hall–Kier alpha value is -2.13. The third-order valence-corrected chi connectivity index (χ3v) is 1.71. The lowest BCUT2D eigenvalue weighted by atomic mass is 10.1. The van der Waals surface area contributed by atoms with Crippen molar-refractivity contribution >= 4 is 21.9 Å². The van der Waals surface area contributed by atoms with Crippen molar-refractivity contribution in [3.05, 3.63) is 29.3 Å². The average Bonchev–Trinajstić information content (AvgIpc) is 2.26. The molecular formula is C10H14N2O6S. The SMILES string of the molecule is COC(=O)c1cc(C(=N)N)ccc1O.CS(=O)(=O)O. The van der Waals surface area contributed by atoms with Crippen molar-refractivity contribution in [1.82, 2.24) is 0 Å². The number of methoxy groups -OCH3 is 1. The predicted molar refractivity (Wildman–Crippen MR) is 67.9 cm³/mol. The largest absolute Gasteiger partial charge is 0.507 e. The number of nitrogens with one attached hydrogen (secondary N) is 1. The summed E-state index contributed by atoms with van der Waals surface area (Å²) in [5.74, 6) is -1.03. The van der Waals surface area contributed by atoms with Crippen LogP contribution < -0.4 is 5.73 Å². The van der Waals surface area contributed by atoms with Crippen molar-refractivity contribution in [3.8, 4) is 5.75 Å². The molecule has 0 saturated carbocycles. The van der Waals surface area contributed by atoms with Crippen LogP contribution in [-0.4, -0.2) is 43.2 Å². The standard InChI is InChI=1S/C9H10N2O3.CH4O3S/c1-14-9(13)6-4-5(8(10)11)2-3-7(6)12;1-5(2,3)4/h2-4,12H,1H3,(H3,10,11);1H3,(H,2,3,4). The Kier molecular flexibility index (Phi) is 5.96. The first-order valence-corrected chi connectivity index (χ1v) is 6.59. The molecule has 19 heavy (non-hydrogen) atoms. The number of amidine groups is 1. The zero-order chi connectivity index (χ0) is 15.2. The van der Waals surface area contributed by atoms with Crippen LogP contribution in [-0.2, 0) is 14.9 Å². The molecule has 0 aliphatic carbocycles. The molecule has 0 aliphatic rings. The van der Waals surface area contributed by atoms with Crippen LogP contribution in [0.5, 0.6) is 5.75 Å². The first-order valence-electron chi connectivity index (χ1n) is 4.74. The molecule has 1 aromatic rings. The number of ether oxygens (including phenoxy) is 1. The molecule has 106 valence electrons. The zero-order valence-electron chi connectivity index (χ0n) is 10.2. The molecule has 1 aromatic carbocycles. The minimum atomic E-state index is -3.67. The maximum atomic E-state index is 11.1. The Bertz CT molecular complexity index is 574. The van der Waals surface area contributed by atoms with Crippen LogP contribution >= 0.6 is 0 Å². The second kappa shape index (κ2) is 6.71. The number of rotatable bonds is 2. The molecule has 0 spiro atoms. The number of aromatic hydroxyl groups is 1.